The average Bonchev–Trinajstić information content (AvgIpc) is 2.38. The number of hydrogen-bond acceptors (Lipinski definition) is 7. The summed E-state index contributed by atoms with van der Waals surface area (Å²) in [4.78, 5) is 34.3. The molecule has 0 bridgehead atoms. The number of anilines is 1. The fraction of sp³-hybridized carbons (Fsp3) is 0.214. The first-order chi connectivity index (χ1) is 10.2. The molecule has 0 unspecified atom stereocenters. The number of phenolic OH excluding ortho intramolecular Hbond substituents is 1. The minimum atomic E-state index is -1.35. The summed E-state index contributed by atoms with van der Waals surface area (Å²) < 4.78 is 9.78. The largest absolute Gasteiger partial charge is 0.506 e. The van der Waals surface area contributed by atoms with Gasteiger partial charge in [0.05, 0.1) is 11.3 Å². The van der Waals surface area contributed by atoms with Crippen LogP contribution in [0.5, 0.6) is 5.75 Å². The lowest BCUT2D eigenvalue weighted by atomic mass is 10.2. The fourth-order valence-electron chi connectivity index (χ4n) is 1.71. The van der Waals surface area contributed by atoms with Crippen molar-refractivity contribution in [2.75, 3.05) is 5.32 Å². The Morgan fingerprint density at radius 3 is 2.36 bits per heavy atom. The van der Waals surface area contributed by atoms with Crippen molar-refractivity contribution >= 4 is 23.6 Å². The van der Waals surface area contributed by atoms with E-state index in [9.17, 15) is 19.5 Å². The first kappa shape index (κ1) is 15.4. The number of hydrogen-bond donors (Lipinski definition) is 3. The molecule has 0 radical (unpaired) electrons. The number of benzene rings is 1. The van der Waals surface area contributed by atoms with Crippen LogP contribution in [0.3, 0.4) is 0 Å². The molecule has 1 aliphatic heterocycles. The molecule has 1 fully saturated rings. The van der Waals surface area contributed by atoms with Gasteiger partial charge in [0.1, 0.15) is 5.75 Å². The minimum Gasteiger partial charge on any atom is -0.506 e. The molecule has 2 rings (SSSR count). The predicted molar refractivity (Wildman–Crippen MR) is 73.0 cm³/mol. The number of carboxylic acid groups (broad SMARTS) is 1. The van der Waals surface area contributed by atoms with Gasteiger partial charge < -0.3 is 25.0 Å². The minimum absolute atomic E-state index is 0.0119. The molecule has 0 atom stereocenters. The van der Waals surface area contributed by atoms with E-state index in [0.29, 0.717) is 0 Å². The Bertz CT molecular complexity index is 668. The number of carbonyl (C=O) groups is 3. The third kappa shape index (κ3) is 3.17. The highest BCUT2D eigenvalue weighted by molar-refractivity contribution is 6.15. The second kappa shape index (κ2) is 5.40. The summed E-state index contributed by atoms with van der Waals surface area (Å²) in [5, 5.41) is 21.0. The molecule has 22 heavy (non-hydrogen) atoms. The summed E-state index contributed by atoms with van der Waals surface area (Å²) in [6.07, 6.45) is 0.987. The summed E-state index contributed by atoms with van der Waals surface area (Å²) in [6.45, 7) is 2.82. The number of rotatable bonds is 3. The maximum Gasteiger partial charge on any atom is 0.350 e. The van der Waals surface area contributed by atoms with Crippen LogP contribution in [0.25, 0.3) is 0 Å². The molecule has 8 nitrogen and oxygen atoms in total. The first-order valence-electron chi connectivity index (χ1n) is 6.19. The number of ether oxygens (including phenoxy) is 2. The molecule has 0 amide bonds. The Balaban J connectivity index is 2.25. The number of carbonyl (C=O) groups excluding carboxylic acids is 2. The van der Waals surface area contributed by atoms with E-state index in [1.54, 1.807) is 0 Å². The number of phenols is 1. The van der Waals surface area contributed by atoms with E-state index in [-0.39, 0.29) is 17.0 Å². The highest BCUT2D eigenvalue weighted by Crippen LogP contribution is 2.26. The lowest BCUT2D eigenvalue weighted by Crippen LogP contribution is -2.42. The van der Waals surface area contributed by atoms with Crippen LogP contribution in [0.1, 0.15) is 24.2 Å². The number of cyclic esters (lactones) is 2. The first-order valence-corrected chi connectivity index (χ1v) is 6.19. The molecular weight excluding hydrogens is 294 g/mol. The lowest BCUT2D eigenvalue weighted by molar-refractivity contribution is -0.222. The van der Waals surface area contributed by atoms with Crippen LogP contribution >= 0.6 is 0 Å². The van der Waals surface area contributed by atoms with E-state index in [2.05, 4.69) is 5.32 Å². The van der Waals surface area contributed by atoms with Gasteiger partial charge in [-0.3, -0.25) is 0 Å². The van der Waals surface area contributed by atoms with Gasteiger partial charge in [0.15, 0.2) is 5.57 Å². The normalized spacial score (nSPS) is 16.5. The van der Waals surface area contributed by atoms with E-state index in [1.165, 1.54) is 26.0 Å². The second-order valence-corrected chi connectivity index (χ2v) is 4.92. The quantitative estimate of drug-likeness (QED) is 0.330. The van der Waals surface area contributed by atoms with Crippen LogP contribution in [0.15, 0.2) is 30.0 Å². The highest BCUT2D eigenvalue weighted by atomic mass is 16.7. The number of esters is 2. The monoisotopic (exact) mass is 307 g/mol. The average molecular weight is 307 g/mol. The molecule has 0 aromatic heterocycles. The lowest BCUT2D eigenvalue weighted by Gasteiger charge is -2.29. The molecule has 1 heterocycles. The Kier molecular flexibility index (Phi) is 3.77. The van der Waals surface area contributed by atoms with Crippen LogP contribution in [-0.4, -0.2) is 33.9 Å². The molecule has 1 aromatic rings. The van der Waals surface area contributed by atoms with E-state index in [1.807, 2.05) is 0 Å². The van der Waals surface area contributed by atoms with Crippen molar-refractivity contribution in [3.63, 3.8) is 0 Å². The Morgan fingerprint density at radius 1 is 1.23 bits per heavy atom. The third-order valence-electron chi connectivity index (χ3n) is 2.73. The van der Waals surface area contributed by atoms with Gasteiger partial charge in [-0.15, -0.1) is 0 Å². The number of nitrogens with one attached hydrogen (secondary N) is 1. The topological polar surface area (TPSA) is 122 Å². The molecule has 1 aromatic carbocycles. The van der Waals surface area contributed by atoms with Crippen molar-refractivity contribution in [3.8, 4) is 5.75 Å². The zero-order valence-corrected chi connectivity index (χ0v) is 11.7. The summed E-state index contributed by atoms with van der Waals surface area (Å²) in [5.41, 5.74) is -0.467. The summed E-state index contributed by atoms with van der Waals surface area (Å²) in [6, 6.07) is 3.53. The molecule has 116 valence electrons. The standard InChI is InChI=1S/C14H13NO7/c1-14(2)21-12(19)8(13(20)22-14)6-15-9-5-7(11(17)18)3-4-10(9)16/h3-6,15-16H,1-2H3,(H,17,18). The van der Waals surface area contributed by atoms with Crippen molar-refractivity contribution in [1.82, 2.24) is 0 Å². The number of aromatic carboxylic acids is 1. The van der Waals surface area contributed by atoms with Crippen LogP contribution in [0.4, 0.5) is 5.69 Å². The van der Waals surface area contributed by atoms with E-state index < -0.39 is 29.3 Å². The smallest absolute Gasteiger partial charge is 0.350 e. The Labute approximate surface area is 125 Å². The van der Waals surface area contributed by atoms with Gasteiger partial charge in [0.25, 0.3) is 5.79 Å². The molecule has 3 N–H and O–H groups in total. The van der Waals surface area contributed by atoms with Gasteiger partial charge in [-0.25, -0.2) is 14.4 Å². The molecule has 1 aliphatic rings. The molecule has 8 heteroatoms. The fourth-order valence-corrected chi connectivity index (χ4v) is 1.71. The molecular formula is C14H13NO7. The van der Waals surface area contributed by atoms with E-state index >= 15 is 0 Å². The predicted octanol–water partition coefficient (Wildman–Crippen LogP) is 1.22. The molecule has 0 spiro atoms. The summed E-state index contributed by atoms with van der Waals surface area (Å²) in [7, 11) is 0. The van der Waals surface area contributed by atoms with Crippen molar-refractivity contribution in [3.05, 3.63) is 35.5 Å². The maximum atomic E-state index is 11.7. The highest BCUT2D eigenvalue weighted by Gasteiger charge is 2.38. The van der Waals surface area contributed by atoms with Crippen LogP contribution < -0.4 is 5.32 Å². The third-order valence-corrected chi connectivity index (χ3v) is 2.73. The van der Waals surface area contributed by atoms with E-state index in [0.717, 1.165) is 12.3 Å². The van der Waals surface area contributed by atoms with Crippen molar-refractivity contribution < 1.29 is 34.1 Å². The van der Waals surface area contributed by atoms with Crippen LogP contribution in [0.2, 0.25) is 0 Å². The molecule has 0 aliphatic carbocycles. The van der Waals surface area contributed by atoms with Gasteiger partial charge in [-0.05, 0) is 18.2 Å². The van der Waals surface area contributed by atoms with Gasteiger partial charge in [-0.1, -0.05) is 0 Å². The van der Waals surface area contributed by atoms with Gasteiger partial charge in [0.2, 0.25) is 0 Å². The van der Waals surface area contributed by atoms with Gasteiger partial charge >= 0.3 is 17.9 Å². The van der Waals surface area contributed by atoms with Gasteiger partial charge in [0, 0.05) is 20.0 Å². The second-order valence-electron chi connectivity index (χ2n) is 4.92. The Hall–Kier alpha value is -3.03. The van der Waals surface area contributed by atoms with Crippen molar-refractivity contribution in [2.45, 2.75) is 19.6 Å². The van der Waals surface area contributed by atoms with Gasteiger partial charge in [-0.2, -0.15) is 0 Å². The maximum absolute atomic E-state index is 11.7. The summed E-state index contributed by atoms with van der Waals surface area (Å²) in [5.74, 6) is -4.56. The van der Waals surface area contributed by atoms with Crippen LogP contribution in [-0.2, 0) is 19.1 Å². The van der Waals surface area contributed by atoms with Crippen molar-refractivity contribution in [2.24, 2.45) is 0 Å². The van der Waals surface area contributed by atoms with Crippen molar-refractivity contribution in [1.29, 1.82) is 0 Å². The zero-order chi connectivity index (χ0) is 16.5. The summed E-state index contributed by atoms with van der Waals surface area (Å²) >= 11 is 0. The number of aromatic hydroxyl groups is 1. The number of carboxylic acids is 1. The molecule has 0 saturated carbocycles. The molecule has 1 saturated heterocycles. The SMILES string of the molecule is CC1(C)OC(=O)C(=CNc2cc(C(=O)O)ccc2O)C(=O)O1. The zero-order valence-electron chi connectivity index (χ0n) is 11.7. The van der Waals surface area contributed by atoms with Crippen LogP contribution in [0, 0.1) is 0 Å². The van der Waals surface area contributed by atoms with E-state index in [4.69, 9.17) is 14.6 Å². The Morgan fingerprint density at radius 2 is 1.82 bits per heavy atom.